The molecule has 3 aromatic carbocycles. The maximum absolute atomic E-state index is 12.0. The lowest BCUT2D eigenvalue weighted by Crippen LogP contribution is -2.36. The van der Waals surface area contributed by atoms with Crippen molar-refractivity contribution in [3.05, 3.63) is 102 Å². The number of hydrogen-bond donors (Lipinski definition) is 2. The van der Waals surface area contributed by atoms with Crippen molar-refractivity contribution in [3.8, 4) is 5.75 Å². The Morgan fingerprint density at radius 1 is 0.750 bits per heavy atom. The topological polar surface area (TPSA) is 67.4 Å². The Bertz CT molecular complexity index is 911. The summed E-state index contributed by atoms with van der Waals surface area (Å²) >= 11 is 0. The molecular weight excluding hydrogens is 352 g/mol. The molecule has 0 aliphatic rings. The number of nitrogens with one attached hydrogen (secondary N) is 2. The molecule has 28 heavy (non-hydrogen) atoms. The molecule has 0 bridgehead atoms. The molecule has 3 aromatic rings. The summed E-state index contributed by atoms with van der Waals surface area (Å²) in [5.41, 5.74) is 2.54. The van der Waals surface area contributed by atoms with Gasteiger partial charge < -0.3 is 15.4 Å². The summed E-state index contributed by atoms with van der Waals surface area (Å²) in [6.45, 7) is 0.780. The van der Waals surface area contributed by atoms with Crippen LogP contribution < -0.4 is 15.4 Å². The van der Waals surface area contributed by atoms with Crippen LogP contribution in [0.4, 0.5) is 0 Å². The number of ether oxygens (including phenoxy) is 1. The molecule has 0 heterocycles. The molecule has 0 aliphatic heterocycles. The number of carbonyl (C=O) groups excluding carboxylic acids is 2. The third-order valence-corrected chi connectivity index (χ3v) is 4.08. The highest BCUT2D eigenvalue weighted by molar-refractivity contribution is 5.96. The lowest BCUT2D eigenvalue weighted by Gasteiger charge is -2.10. The minimum Gasteiger partial charge on any atom is -0.489 e. The molecule has 0 unspecified atom stereocenters. The minimum atomic E-state index is -0.271. The fraction of sp³-hybridized carbons (Fsp3) is 0.130. The second kappa shape index (κ2) is 9.92. The Morgan fingerprint density at radius 3 is 2.18 bits per heavy atom. The molecule has 0 saturated carbocycles. The van der Waals surface area contributed by atoms with Gasteiger partial charge in [-0.1, -0.05) is 60.7 Å². The predicted molar refractivity (Wildman–Crippen MR) is 108 cm³/mol. The highest BCUT2D eigenvalue weighted by Gasteiger charge is 2.07. The molecule has 5 nitrogen and oxygen atoms in total. The van der Waals surface area contributed by atoms with Crippen LogP contribution in [0.2, 0.25) is 0 Å². The summed E-state index contributed by atoms with van der Waals surface area (Å²) in [6.07, 6.45) is 0. The zero-order chi connectivity index (χ0) is 19.6. The van der Waals surface area contributed by atoms with E-state index in [0.29, 0.717) is 18.7 Å². The summed E-state index contributed by atoms with van der Waals surface area (Å²) in [5.74, 6) is 0.222. The van der Waals surface area contributed by atoms with Crippen molar-refractivity contribution in [1.29, 1.82) is 0 Å². The van der Waals surface area contributed by atoms with Crippen LogP contribution >= 0.6 is 0 Å². The van der Waals surface area contributed by atoms with Gasteiger partial charge in [-0.3, -0.25) is 9.59 Å². The van der Waals surface area contributed by atoms with Crippen LogP contribution in [0, 0.1) is 0 Å². The molecule has 3 rings (SSSR count). The van der Waals surface area contributed by atoms with Crippen molar-refractivity contribution in [2.75, 3.05) is 6.54 Å². The molecule has 0 spiro atoms. The minimum absolute atomic E-state index is 0.0715. The monoisotopic (exact) mass is 374 g/mol. The largest absolute Gasteiger partial charge is 0.489 e. The fourth-order valence-corrected chi connectivity index (χ4v) is 2.60. The number of rotatable bonds is 8. The van der Waals surface area contributed by atoms with Crippen molar-refractivity contribution in [2.45, 2.75) is 13.2 Å². The lowest BCUT2D eigenvalue weighted by atomic mass is 10.2. The average Bonchev–Trinajstić information content (AvgIpc) is 2.76. The zero-order valence-corrected chi connectivity index (χ0v) is 15.4. The molecule has 0 radical (unpaired) electrons. The Morgan fingerprint density at radius 2 is 1.43 bits per heavy atom. The van der Waals surface area contributed by atoms with Gasteiger partial charge in [0.2, 0.25) is 5.91 Å². The van der Waals surface area contributed by atoms with E-state index in [-0.39, 0.29) is 18.4 Å². The first-order valence-electron chi connectivity index (χ1n) is 9.06. The van der Waals surface area contributed by atoms with E-state index in [4.69, 9.17) is 4.74 Å². The van der Waals surface area contributed by atoms with E-state index in [1.165, 1.54) is 0 Å². The average molecular weight is 374 g/mol. The van der Waals surface area contributed by atoms with Gasteiger partial charge in [0.1, 0.15) is 12.4 Å². The van der Waals surface area contributed by atoms with Gasteiger partial charge in [-0.2, -0.15) is 0 Å². The second-order valence-corrected chi connectivity index (χ2v) is 6.25. The van der Waals surface area contributed by atoms with Gasteiger partial charge in [0.15, 0.2) is 0 Å². The van der Waals surface area contributed by atoms with Gasteiger partial charge in [-0.05, 0) is 35.4 Å². The molecule has 0 aliphatic carbocycles. The van der Waals surface area contributed by atoms with Crippen LogP contribution in [0.25, 0.3) is 0 Å². The van der Waals surface area contributed by atoms with Crippen molar-refractivity contribution < 1.29 is 14.3 Å². The third kappa shape index (κ3) is 5.99. The summed E-state index contributed by atoms with van der Waals surface area (Å²) < 4.78 is 5.80. The molecule has 2 amide bonds. The van der Waals surface area contributed by atoms with Crippen LogP contribution in [0.3, 0.4) is 0 Å². The Kier molecular flexibility index (Phi) is 6.79. The van der Waals surface area contributed by atoms with E-state index < -0.39 is 0 Å². The first kappa shape index (κ1) is 19.2. The lowest BCUT2D eigenvalue weighted by molar-refractivity contribution is -0.120. The molecule has 0 fully saturated rings. The maximum atomic E-state index is 12.0. The second-order valence-electron chi connectivity index (χ2n) is 6.25. The quantitative estimate of drug-likeness (QED) is 0.636. The van der Waals surface area contributed by atoms with E-state index in [1.54, 1.807) is 24.3 Å². The summed E-state index contributed by atoms with van der Waals surface area (Å²) in [6, 6.07) is 26.3. The van der Waals surface area contributed by atoms with Gasteiger partial charge in [0, 0.05) is 12.1 Å². The Balaban J connectivity index is 1.44. The van der Waals surface area contributed by atoms with Crippen molar-refractivity contribution in [3.63, 3.8) is 0 Å². The molecule has 2 N–H and O–H groups in total. The summed E-state index contributed by atoms with van der Waals surface area (Å²) in [4.78, 5) is 23.9. The first-order chi connectivity index (χ1) is 13.7. The highest BCUT2D eigenvalue weighted by Crippen LogP contribution is 2.15. The maximum Gasteiger partial charge on any atom is 0.251 e. The Hall–Kier alpha value is -3.60. The molecule has 0 aromatic heterocycles. The molecular formula is C23H22N2O3. The van der Waals surface area contributed by atoms with Crippen LogP contribution in [-0.4, -0.2) is 18.4 Å². The smallest absolute Gasteiger partial charge is 0.251 e. The van der Waals surface area contributed by atoms with Gasteiger partial charge in [0.05, 0.1) is 6.54 Å². The SMILES string of the molecule is O=C(CNC(=O)c1ccccc1)NCc1cccc(OCc2ccccc2)c1. The van der Waals surface area contributed by atoms with Gasteiger partial charge in [-0.25, -0.2) is 0 Å². The van der Waals surface area contributed by atoms with Crippen LogP contribution in [0.5, 0.6) is 5.75 Å². The normalized spacial score (nSPS) is 10.1. The van der Waals surface area contributed by atoms with Crippen molar-refractivity contribution in [2.24, 2.45) is 0 Å². The number of hydrogen-bond acceptors (Lipinski definition) is 3. The van der Waals surface area contributed by atoms with Crippen molar-refractivity contribution in [1.82, 2.24) is 10.6 Å². The zero-order valence-electron chi connectivity index (χ0n) is 15.4. The van der Waals surface area contributed by atoms with E-state index in [0.717, 1.165) is 16.9 Å². The predicted octanol–water partition coefficient (Wildman–Crippen LogP) is 3.31. The van der Waals surface area contributed by atoms with Crippen LogP contribution in [-0.2, 0) is 17.9 Å². The van der Waals surface area contributed by atoms with Crippen LogP contribution in [0.15, 0.2) is 84.9 Å². The summed E-state index contributed by atoms with van der Waals surface area (Å²) in [5, 5.41) is 5.41. The van der Waals surface area contributed by atoms with Crippen LogP contribution in [0.1, 0.15) is 21.5 Å². The van der Waals surface area contributed by atoms with E-state index in [9.17, 15) is 9.59 Å². The summed E-state index contributed by atoms with van der Waals surface area (Å²) in [7, 11) is 0. The number of amides is 2. The van der Waals surface area contributed by atoms with Gasteiger partial charge >= 0.3 is 0 Å². The fourth-order valence-electron chi connectivity index (χ4n) is 2.60. The third-order valence-electron chi connectivity index (χ3n) is 4.08. The Labute approximate surface area is 164 Å². The van der Waals surface area contributed by atoms with E-state index >= 15 is 0 Å². The molecule has 0 atom stereocenters. The highest BCUT2D eigenvalue weighted by atomic mass is 16.5. The first-order valence-corrected chi connectivity index (χ1v) is 9.06. The van der Waals surface area contributed by atoms with E-state index in [2.05, 4.69) is 10.6 Å². The molecule has 0 saturated heterocycles. The number of benzene rings is 3. The number of carbonyl (C=O) groups is 2. The van der Waals surface area contributed by atoms with Gasteiger partial charge in [0.25, 0.3) is 5.91 Å². The van der Waals surface area contributed by atoms with Crippen molar-refractivity contribution >= 4 is 11.8 Å². The standard InChI is InChI=1S/C23H22N2O3/c26-22(16-25-23(27)20-11-5-2-6-12-20)24-15-19-10-7-13-21(14-19)28-17-18-8-3-1-4-9-18/h1-14H,15-17H2,(H,24,26)(H,25,27). The molecule has 5 heteroatoms. The van der Waals surface area contributed by atoms with E-state index in [1.807, 2.05) is 60.7 Å². The van der Waals surface area contributed by atoms with Gasteiger partial charge in [-0.15, -0.1) is 0 Å². The molecule has 142 valence electrons.